The Morgan fingerprint density at radius 3 is 1.00 bits per heavy atom. The Morgan fingerprint density at radius 2 is 0.612 bits per heavy atom. The number of hydrogen-bond donors (Lipinski definition) is 0. The molecule has 3 nitrogen and oxygen atoms in total. The number of allylic oxidation sites excluding steroid dienone is 12. The van der Waals surface area contributed by atoms with Crippen LogP contribution in [-0.4, -0.2) is 71.6 Å². The highest BCUT2D eigenvalue weighted by molar-refractivity contribution is 6.77. The van der Waals surface area contributed by atoms with Crippen LogP contribution in [0.2, 0.25) is 55.9 Å². The lowest BCUT2D eigenvalue weighted by Gasteiger charge is -2.57. The topological polar surface area (TPSA) is 9.72 Å². The predicted octanol–water partition coefficient (Wildman–Crippen LogP) is 34.0. The van der Waals surface area contributed by atoms with Gasteiger partial charge >= 0.3 is 0 Å². The molecule has 9 aliphatic rings. The molecule has 0 bridgehead atoms. The van der Waals surface area contributed by atoms with Crippen LogP contribution in [-0.2, 0) is 16.2 Å². The SMILES string of the molecule is CC1(C)C2=CC3C(c4ccccc4)CC([Si](C)(C)N(C(C)(C)C)C(C)(C)C)C3C=C2c2ccc(-c3cccc4ccccc34)cc21.CC1C(C)C([Si](C)(C)N(C(C)(C)C)C(C)(C)C)C2C=C3C(=CC12)C(C)(C)c1cc(-c2cccc4ccccc24)ccc13.CC1CC2C=C3C(=CC2C1[Si](C)(C)N(C(C)(C)C)C(C)(C)C)c1ccc(-c2cccc4ccccc24)cc1C3(C)C. The molecule has 13 unspecified atom stereocenters. The summed E-state index contributed by atoms with van der Waals surface area (Å²) in [4.78, 5) is 0. The van der Waals surface area contributed by atoms with Crippen LogP contribution in [0.25, 0.3) is 82.4 Å². The third-order valence-corrected chi connectivity index (χ3v) is 48.8. The molecule has 13 atom stereocenters. The molecule has 0 aromatic heterocycles. The van der Waals surface area contributed by atoms with Crippen molar-refractivity contribution in [1.29, 1.82) is 0 Å². The minimum absolute atomic E-state index is 0.00355. The van der Waals surface area contributed by atoms with Gasteiger partial charge in [0.2, 0.25) is 0 Å². The standard InChI is InChI=1S/C44H53NSi.C40H53NSi.C39H51NSi/c1-42(2,3)45(43(4,5)6)46(9,10)41-28-35(30-17-12-11-13-18-30)36-27-40-37(26-38(36)41)34-24-23-31(25-39(34)44(40,7)8)33-22-16-20-29-19-14-15-21-32(29)33;1-25-26(2)37(42(11,12)41(38(3,4)5)39(6,7)8)34-23-33-31-21-20-28(22-35(31)40(9,10)36(33)24-32(25)34)30-19-15-17-27-16-13-14-18-29(27)30;1-25-21-28-23-35-33(24-32(28)36(25)41(10,11)40(37(2,3)4)38(5,6)7)31-20-19-27(22-34(31)39(35,8)9)30-18-14-16-26-15-12-13-17-29(26)30/h11-27,35-36,38,41H,28H2,1-10H3;13-26,32,34,37H,1-12H3;12-20,22-25,28,32,36H,21H2,1-11H3. The van der Waals surface area contributed by atoms with Crippen molar-refractivity contribution >= 4 is 73.7 Å². The van der Waals surface area contributed by atoms with Crippen molar-refractivity contribution in [3.8, 4) is 33.4 Å². The molecule has 19 rings (SSSR count). The predicted molar refractivity (Wildman–Crippen MR) is 570 cm³/mol. The molecule has 0 amide bonds. The fourth-order valence-electron chi connectivity index (χ4n) is 31.5. The Kier molecular flexibility index (Phi) is 23.1. The van der Waals surface area contributed by atoms with E-state index >= 15 is 0 Å². The summed E-state index contributed by atoms with van der Waals surface area (Å²) in [5, 5.41) is 7.92. The van der Waals surface area contributed by atoms with E-state index in [1.54, 1.807) is 16.7 Å². The fourth-order valence-corrected chi connectivity index (χ4v) is 50.6. The molecule has 3 fully saturated rings. The first-order valence-electron chi connectivity index (χ1n) is 49.8. The zero-order valence-corrected chi connectivity index (χ0v) is 88.4. The van der Waals surface area contributed by atoms with Crippen molar-refractivity contribution in [3.05, 3.63) is 304 Å². The van der Waals surface area contributed by atoms with E-state index in [1.165, 1.54) is 134 Å². The molecule has 3 saturated carbocycles. The molecule has 0 N–H and O–H groups in total. The van der Waals surface area contributed by atoms with Gasteiger partial charge in [-0.15, -0.1) is 0 Å². The van der Waals surface area contributed by atoms with Gasteiger partial charge in [0.25, 0.3) is 0 Å². The van der Waals surface area contributed by atoms with Gasteiger partial charge in [-0.05, 0) is 370 Å². The first kappa shape index (κ1) is 92.8. The maximum atomic E-state index is 2.96. The zero-order valence-electron chi connectivity index (χ0n) is 85.4. The van der Waals surface area contributed by atoms with Crippen molar-refractivity contribution in [3.63, 3.8) is 0 Å². The monoisotopic (exact) mass is 1760 g/mol. The lowest BCUT2D eigenvalue weighted by Crippen LogP contribution is -2.67. The highest BCUT2D eigenvalue weighted by Gasteiger charge is 2.62. The number of rotatable bonds is 10. The van der Waals surface area contributed by atoms with E-state index in [4.69, 9.17) is 0 Å². The fraction of sp³-hybridized carbons (Fsp3) is 0.463. The second kappa shape index (κ2) is 32.1. The largest absolute Gasteiger partial charge is 0.314 e. The van der Waals surface area contributed by atoms with Gasteiger partial charge in [-0.1, -0.05) is 332 Å². The van der Waals surface area contributed by atoms with E-state index in [9.17, 15) is 0 Å². The molecule has 129 heavy (non-hydrogen) atoms. The van der Waals surface area contributed by atoms with E-state index < -0.39 is 24.7 Å². The van der Waals surface area contributed by atoms with Crippen LogP contribution in [0.1, 0.15) is 245 Å². The minimum atomic E-state index is -1.94. The highest BCUT2D eigenvalue weighted by atomic mass is 28.3. The Balaban J connectivity index is 0.000000136. The molecule has 6 heteroatoms. The van der Waals surface area contributed by atoms with Crippen LogP contribution in [0.5, 0.6) is 0 Å². The summed E-state index contributed by atoms with van der Waals surface area (Å²) in [6.45, 7) is 82.4. The first-order valence-corrected chi connectivity index (χ1v) is 58.8. The highest BCUT2D eigenvalue weighted by Crippen LogP contribution is 2.68. The van der Waals surface area contributed by atoms with Crippen molar-refractivity contribution in [2.75, 3.05) is 0 Å². The molecule has 0 heterocycles. The molecular weight excluding hydrogens is 1600 g/mol. The maximum Gasteiger partial charge on any atom is 0.127 e. The third kappa shape index (κ3) is 15.7. The lowest BCUT2D eigenvalue weighted by atomic mass is 9.73. The van der Waals surface area contributed by atoms with E-state index in [-0.39, 0.29) is 49.5 Å². The summed E-state index contributed by atoms with van der Waals surface area (Å²) in [5.74, 6) is 6.21. The molecule has 676 valence electrons. The van der Waals surface area contributed by atoms with E-state index in [1.807, 2.05) is 0 Å². The van der Waals surface area contributed by atoms with Gasteiger partial charge in [0.15, 0.2) is 0 Å². The molecule has 9 aliphatic carbocycles. The van der Waals surface area contributed by atoms with Gasteiger partial charge in [0, 0.05) is 49.5 Å². The molecule has 0 saturated heterocycles. The smallest absolute Gasteiger partial charge is 0.127 e. The summed E-state index contributed by atoms with van der Waals surface area (Å²) in [6.07, 6.45) is 19.1. The second-order valence-electron chi connectivity index (χ2n) is 50.6. The number of hydrogen-bond acceptors (Lipinski definition) is 3. The van der Waals surface area contributed by atoms with Gasteiger partial charge in [-0.2, -0.15) is 0 Å². The Bertz CT molecular complexity index is 6180. The van der Waals surface area contributed by atoms with Crippen LogP contribution in [0.3, 0.4) is 0 Å². The summed E-state index contributed by atoms with van der Waals surface area (Å²) in [5.41, 5.74) is 30.4. The van der Waals surface area contributed by atoms with Crippen molar-refractivity contribution in [1.82, 2.24) is 13.7 Å². The number of nitrogens with zero attached hydrogens (tertiary/aromatic N) is 3. The number of fused-ring (bicyclic) bond motifs is 15. The quantitative estimate of drug-likeness (QED) is 0.126. The molecule has 0 spiro atoms. The van der Waals surface area contributed by atoms with Gasteiger partial charge < -0.3 is 13.7 Å². The summed E-state index contributed by atoms with van der Waals surface area (Å²) < 4.78 is 8.88. The maximum absolute atomic E-state index is 2.96. The molecule has 10 aromatic rings. The van der Waals surface area contributed by atoms with Crippen molar-refractivity contribution in [2.45, 2.75) is 311 Å². The normalized spacial score (nSPS) is 25.5. The molecule has 10 aromatic carbocycles. The first-order chi connectivity index (χ1) is 60.1. The van der Waals surface area contributed by atoms with Crippen LogP contribution >= 0.6 is 0 Å². The minimum Gasteiger partial charge on any atom is -0.314 e. The average Bonchev–Trinajstić information content (AvgIpc) is 1.55. The van der Waals surface area contributed by atoms with Gasteiger partial charge in [-0.3, -0.25) is 0 Å². The molecule has 0 aliphatic heterocycles. The van der Waals surface area contributed by atoms with Crippen LogP contribution in [0.15, 0.2) is 265 Å². The molecule has 0 radical (unpaired) electrons. The third-order valence-electron chi connectivity index (χ3n) is 33.7. The van der Waals surface area contributed by atoms with Crippen LogP contribution in [0.4, 0.5) is 0 Å². The second-order valence-corrected chi connectivity index (χ2v) is 63.9. The average molecular weight is 1760 g/mol. The Hall–Kier alpha value is -8.05. The number of benzene rings is 10. The zero-order chi connectivity index (χ0) is 93.1. The van der Waals surface area contributed by atoms with Crippen molar-refractivity contribution in [2.24, 2.45) is 53.3 Å². The van der Waals surface area contributed by atoms with Crippen LogP contribution < -0.4 is 0 Å². The lowest BCUT2D eigenvalue weighted by molar-refractivity contribution is 0.120. The Morgan fingerprint density at radius 1 is 0.287 bits per heavy atom. The Labute approximate surface area is 783 Å². The summed E-state index contributed by atoms with van der Waals surface area (Å²) >= 11 is 0. The summed E-state index contributed by atoms with van der Waals surface area (Å²) in [6, 6.07) is 80.0. The van der Waals surface area contributed by atoms with Gasteiger partial charge in [0.05, 0.1) is 0 Å². The van der Waals surface area contributed by atoms with E-state index in [2.05, 4.69) is 489 Å². The van der Waals surface area contributed by atoms with Gasteiger partial charge in [-0.25, -0.2) is 0 Å². The molecular formula is C123H157N3Si3. The van der Waals surface area contributed by atoms with E-state index in [0.717, 1.165) is 11.5 Å². The van der Waals surface area contributed by atoms with Crippen molar-refractivity contribution < 1.29 is 0 Å². The van der Waals surface area contributed by atoms with Gasteiger partial charge in [0.1, 0.15) is 24.7 Å². The van der Waals surface area contributed by atoms with Crippen LogP contribution in [0, 0.1) is 53.3 Å². The van der Waals surface area contributed by atoms with E-state index in [0.29, 0.717) is 64.3 Å². The summed E-state index contributed by atoms with van der Waals surface area (Å²) in [7, 11) is -5.65.